The van der Waals surface area contributed by atoms with Crippen LogP contribution >= 0.6 is 27.5 Å². The van der Waals surface area contributed by atoms with E-state index in [1.165, 1.54) is 0 Å². The lowest BCUT2D eigenvalue weighted by Crippen LogP contribution is -2.04. The smallest absolute Gasteiger partial charge is 0.338 e. The number of nitrogens with one attached hydrogen (secondary N) is 1. The van der Waals surface area contributed by atoms with Crippen LogP contribution in [-0.4, -0.2) is 22.5 Å². The Labute approximate surface area is 105 Å². The molecule has 0 saturated heterocycles. The number of hydrogen-bond acceptors (Lipinski definition) is 3. The van der Waals surface area contributed by atoms with E-state index in [2.05, 4.69) is 25.9 Å². The van der Waals surface area contributed by atoms with Crippen molar-refractivity contribution in [3.05, 3.63) is 27.5 Å². The Morgan fingerprint density at radius 1 is 1.62 bits per heavy atom. The second kappa shape index (κ2) is 4.43. The van der Waals surface area contributed by atoms with Crippen molar-refractivity contribution in [3.63, 3.8) is 0 Å². The van der Waals surface area contributed by atoms with E-state index in [1.807, 2.05) is 0 Å². The minimum absolute atomic E-state index is 0.334. The van der Waals surface area contributed by atoms with E-state index in [-0.39, 0.29) is 0 Å². The molecule has 0 radical (unpaired) electrons. The fourth-order valence-corrected chi connectivity index (χ4v) is 2.03. The normalized spacial score (nSPS) is 10.7. The Bertz CT molecular complexity index is 553. The number of halogens is 2. The van der Waals surface area contributed by atoms with Crippen LogP contribution in [0.3, 0.4) is 0 Å². The second-order valence-electron chi connectivity index (χ2n) is 3.10. The zero-order chi connectivity index (χ0) is 11.7. The first kappa shape index (κ1) is 11.4. The van der Waals surface area contributed by atoms with Gasteiger partial charge in [0.25, 0.3) is 0 Å². The van der Waals surface area contributed by atoms with Gasteiger partial charge in [-0.15, -0.1) is 0 Å². The molecule has 0 aliphatic heterocycles. The topological polar surface area (TPSA) is 55.0 Å². The standard InChI is InChI=1S/C10H8BrClN2O2/c1-2-16-9(15)5-3-6(12)8-7(4-5)13-10(11)14-8/h3-4H,2H2,1H3,(H,13,14). The van der Waals surface area contributed by atoms with Gasteiger partial charge in [-0.25, -0.2) is 9.78 Å². The number of benzene rings is 1. The van der Waals surface area contributed by atoms with Gasteiger partial charge in [0.15, 0.2) is 4.73 Å². The predicted octanol–water partition coefficient (Wildman–Crippen LogP) is 3.16. The minimum Gasteiger partial charge on any atom is -0.462 e. The number of imidazole rings is 1. The number of nitrogens with zero attached hydrogens (tertiary/aromatic N) is 1. The molecule has 84 valence electrons. The molecule has 0 bridgehead atoms. The summed E-state index contributed by atoms with van der Waals surface area (Å²) >= 11 is 9.22. The molecular weight excluding hydrogens is 295 g/mol. The minimum atomic E-state index is -0.392. The van der Waals surface area contributed by atoms with E-state index in [0.717, 1.165) is 0 Å². The Balaban J connectivity index is 2.53. The number of carbonyl (C=O) groups excluding carboxylic acids is 1. The molecule has 0 amide bonds. The largest absolute Gasteiger partial charge is 0.462 e. The van der Waals surface area contributed by atoms with Crippen LogP contribution in [0, 0.1) is 0 Å². The molecule has 1 heterocycles. The van der Waals surface area contributed by atoms with Crippen LogP contribution in [0.5, 0.6) is 0 Å². The highest BCUT2D eigenvalue weighted by Gasteiger charge is 2.12. The molecule has 0 atom stereocenters. The van der Waals surface area contributed by atoms with Crippen LogP contribution in [0.1, 0.15) is 17.3 Å². The van der Waals surface area contributed by atoms with Gasteiger partial charge in [-0.1, -0.05) is 11.6 Å². The highest BCUT2D eigenvalue weighted by atomic mass is 79.9. The number of esters is 1. The molecule has 0 aliphatic rings. The van der Waals surface area contributed by atoms with Crippen molar-refractivity contribution in [1.29, 1.82) is 0 Å². The van der Waals surface area contributed by atoms with Crippen LogP contribution in [0.2, 0.25) is 5.02 Å². The summed E-state index contributed by atoms with van der Waals surface area (Å²) in [7, 11) is 0. The quantitative estimate of drug-likeness (QED) is 0.867. The molecule has 4 nitrogen and oxygen atoms in total. The summed E-state index contributed by atoms with van der Waals surface area (Å²) in [4.78, 5) is 18.6. The molecule has 1 aromatic heterocycles. The van der Waals surface area contributed by atoms with Crippen molar-refractivity contribution in [3.8, 4) is 0 Å². The van der Waals surface area contributed by atoms with E-state index < -0.39 is 5.97 Å². The van der Waals surface area contributed by atoms with Crippen molar-refractivity contribution in [1.82, 2.24) is 9.97 Å². The Hall–Kier alpha value is -1.07. The van der Waals surface area contributed by atoms with Gasteiger partial charge in [0.05, 0.1) is 22.7 Å². The molecule has 0 unspecified atom stereocenters. The lowest BCUT2D eigenvalue weighted by atomic mass is 10.2. The molecule has 0 fully saturated rings. The summed E-state index contributed by atoms with van der Waals surface area (Å²) in [6.45, 7) is 2.09. The Morgan fingerprint density at radius 2 is 2.38 bits per heavy atom. The van der Waals surface area contributed by atoms with E-state index in [9.17, 15) is 4.79 Å². The van der Waals surface area contributed by atoms with Crippen molar-refractivity contribution >= 4 is 44.5 Å². The monoisotopic (exact) mass is 302 g/mol. The van der Waals surface area contributed by atoms with Crippen LogP contribution < -0.4 is 0 Å². The van der Waals surface area contributed by atoms with Crippen LogP contribution in [0.25, 0.3) is 11.0 Å². The second-order valence-corrected chi connectivity index (χ2v) is 4.26. The molecule has 2 rings (SSSR count). The number of rotatable bonds is 2. The van der Waals surface area contributed by atoms with Gasteiger partial charge in [0.2, 0.25) is 0 Å². The van der Waals surface area contributed by atoms with Gasteiger partial charge >= 0.3 is 5.97 Å². The van der Waals surface area contributed by atoms with E-state index >= 15 is 0 Å². The number of aromatic nitrogens is 2. The summed E-state index contributed by atoms with van der Waals surface area (Å²) in [6.07, 6.45) is 0. The van der Waals surface area contributed by atoms with Crippen molar-refractivity contribution < 1.29 is 9.53 Å². The highest BCUT2D eigenvalue weighted by Crippen LogP contribution is 2.25. The third-order valence-corrected chi connectivity index (χ3v) is 2.69. The van der Waals surface area contributed by atoms with Gasteiger partial charge in [-0.2, -0.15) is 0 Å². The number of aromatic amines is 1. The third-order valence-electron chi connectivity index (χ3n) is 2.02. The number of ether oxygens (including phenoxy) is 1. The zero-order valence-corrected chi connectivity index (χ0v) is 10.7. The maximum atomic E-state index is 11.5. The lowest BCUT2D eigenvalue weighted by Gasteiger charge is -2.02. The molecular formula is C10H8BrClN2O2. The first-order valence-corrected chi connectivity index (χ1v) is 5.80. The van der Waals surface area contributed by atoms with Crippen molar-refractivity contribution in [2.75, 3.05) is 6.61 Å². The van der Waals surface area contributed by atoms with Crippen LogP contribution in [-0.2, 0) is 4.74 Å². The number of carbonyl (C=O) groups is 1. The lowest BCUT2D eigenvalue weighted by molar-refractivity contribution is 0.0526. The summed E-state index contributed by atoms with van der Waals surface area (Å²) < 4.78 is 5.47. The number of fused-ring (bicyclic) bond motifs is 1. The van der Waals surface area contributed by atoms with E-state index in [4.69, 9.17) is 16.3 Å². The molecule has 0 aliphatic carbocycles. The fraction of sp³-hybridized carbons (Fsp3) is 0.200. The SMILES string of the molecule is CCOC(=O)c1cc(Cl)c2nc(Br)[nH]c2c1. The van der Waals surface area contributed by atoms with Crippen molar-refractivity contribution in [2.24, 2.45) is 0 Å². The van der Waals surface area contributed by atoms with Crippen LogP contribution in [0.4, 0.5) is 0 Å². The maximum absolute atomic E-state index is 11.5. The first-order chi connectivity index (χ1) is 7.61. The summed E-state index contributed by atoms with van der Waals surface area (Å²) in [5, 5.41) is 0.419. The maximum Gasteiger partial charge on any atom is 0.338 e. The Morgan fingerprint density at radius 3 is 3.06 bits per heavy atom. The highest BCUT2D eigenvalue weighted by molar-refractivity contribution is 9.10. The van der Waals surface area contributed by atoms with Crippen LogP contribution in [0.15, 0.2) is 16.9 Å². The van der Waals surface area contributed by atoms with E-state index in [0.29, 0.717) is 33.0 Å². The molecule has 6 heteroatoms. The third kappa shape index (κ3) is 2.05. The molecule has 16 heavy (non-hydrogen) atoms. The molecule has 2 aromatic rings. The summed E-state index contributed by atoms with van der Waals surface area (Å²) in [5.74, 6) is -0.392. The summed E-state index contributed by atoms with van der Waals surface area (Å²) in [5.41, 5.74) is 1.74. The van der Waals surface area contributed by atoms with Gasteiger partial charge in [-0.05, 0) is 35.0 Å². The van der Waals surface area contributed by atoms with Gasteiger partial charge in [-0.3, -0.25) is 0 Å². The molecule has 0 spiro atoms. The fourth-order valence-electron chi connectivity index (χ4n) is 1.38. The number of hydrogen-bond donors (Lipinski definition) is 1. The Kier molecular flexibility index (Phi) is 3.16. The molecule has 1 N–H and O–H groups in total. The summed E-state index contributed by atoms with van der Waals surface area (Å²) in [6, 6.07) is 3.21. The first-order valence-electron chi connectivity index (χ1n) is 4.63. The average molecular weight is 304 g/mol. The van der Waals surface area contributed by atoms with Gasteiger partial charge in [0.1, 0.15) is 5.52 Å². The number of H-pyrrole nitrogens is 1. The van der Waals surface area contributed by atoms with Gasteiger partial charge in [0, 0.05) is 0 Å². The van der Waals surface area contributed by atoms with Crippen molar-refractivity contribution in [2.45, 2.75) is 6.92 Å². The van der Waals surface area contributed by atoms with Gasteiger partial charge < -0.3 is 9.72 Å². The predicted molar refractivity (Wildman–Crippen MR) is 64.8 cm³/mol. The zero-order valence-electron chi connectivity index (χ0n) is 8.38. The van der Waals surface area contributed by atoms with E-state index in [1.54, 1.807) is 19.1 Å². The average Bonchev–Trinajstić information content (AvgIpc) is 2.59. The molecule has 1 aromatic carbocycles. The molecule has 0 saturated carbocycles.